The van der Waals surface area contributed by atoms with Crippen LogP contribution >= 0.6 is 11.6 Å². The molecule has 1 aliphatic rings. The Kier molecular flexibility index (Phi) is 8.67. The van der Waals surface area contributed by atoms with Gasteiger partial charge in [-0.05, 0) is 43.7 Å². The highest BCUT2D eigenvalue weighted by Gasteiger charge is 2.35. The fourth-order valence-corrected chi connectivity index (χ4v) is 4.89. The zero-order valence-corrected chi connectivity index (χ0v) is 22.3. The largest absolute Gasteiger partial charge is 0.390 e. The molecule has 4 rings (SSSR count). The number of carbonyl (C=O) groups is 1. The number of urea groups is 1. The summed E-state index contributed by atoms with van der Waals surface area (Å²) in [7, 11) is 1.61. The summed E-state index contributed by atoms with van der Waals surface area (Å²) >= 11 is 6.65. The number of nitrogens with zero attached hydrogens (tertiary/aromatic N) is 3. The Morgan fingerprint density at radius 2 is 1.92 bits per heavy atom. The van der Waals surface area contributed by atoms with Crippen LogP contribution in [0.15, 0.2) is 48.5 Å². The SMILES string of the molecule is COCCN1C[C@@H](NC(=O)Nc2c(Cl)c(CC(C)(C)O)nn2-c2ccccc2)[C@H](c2ccc(F)c(F)c2)C1. The lowest BCUT2D eigenvalue weighted by Gasteiger charge is -2.21. The van der Waals surface area contributed by atoms with E-state index in [1.165, 1.54) is 10.7 Å². The molecule has 0 saturated carbocycles. The third-order valence-electron chi connectivity index (χ3n) is 6.42. The summed E-state index contributed by atoms with van der Waals surface area (Å²) in [6.07, 6.45) is 0.178. The third kappa shape index (κ3) is 6.68. The van der Waals surface area contributed by atoms with Gasteiger partial charge < -0.3 is 15.2 Å². The van der Waals surface area contributed by atoms with Crippen molar-refractivity contribution in [3.8, 4) is 5.69 Å². The predicted molar refractivity (Wildman–Crippen MR) is 142 cm³/mol. The van der Waals surface area contributed by atoms with Crippen LogP contribution in [0, 0.1) is 11.6 Å². The molecule has 38 heavy (non-hydrogen) atoms. The Balaban J connectivity index is 1.59. The quantitative estimate of drug-likeness (QED) is 0.370. The maximum absolute atomic E-state index is 14.0. The number of amides is 2. The van der Waals surface area contributed by atoms with Crippen LogP contribution < -0.4 is 10.6 Å². The Hall–Kier alpha value is -3.05. The zero-order chi connectivity index (χ0) is 27.4. The first-order valence-electron chi connectivity index (χ1n) is 12.3. The second-order valence-corrected chi connectivity index (χ2v) is 10.5. The molecule has 2 amide bonds. The highest BCUT2D eigenvalue weighted by atomic mass is 35.5. The van der Waals surface area contributed by atoms with Gasteiger partial charge in [0.2, 0.25) is 0 Å². The number of hydrogen-bond acceptors (Lipinski definition) is 5. The fourth-order valence-electron chi connectivity index (χ4n) is 4.66. The minimum Gasteiger partial charge on any atom is -0.390 e. The molecule has 3 aromatic rings. The molecule has 0 aliphatic carbocycles. The van der Waals surface area contributed by atoms with Crippen LogP contribution in [0.2, 0.25) is 5.02 Å². The van der Waals surface area contributed by atoms with Crippen LogP contribution in [0.25, 0.3) is 5.69 Å². The van der Waals surface area contributed by atoms with E-state index in [-0.39, 0.29) is 29.2 Å². The Labute approximate surface area is 225 Å². The Morgan fingerprint density at radius 1 is 1.18 bits per heavy atom. The predicted octanol–water partition coefficient (Wildman–Crippen LogP) is 4.35. The molecule has 11 heteroatoms. The molecule has 2 heterocycles. The van der Waals surface area contributed by atoms with Crippen molar-refractivity contribution in [3.63, 3.8) is 0 Å². The number of aliphatic hydroxyl groups is 1. The van der Waals surface area contributed by atoms with E-state index in [0.717, 1.165) is 6.07 Å². The zero-order valence-electron chi connectivity index (χ0n) is 21.5. The van der Waals surface area contributed by atoms with Gasteiger partial charge in [-0.3, -0.25) is 10.2 Å². The standard InChI is InChI=1S/C27H32ClF2N5O3/c1-27(2,37)14-22-24(28)25(35(33-22)18-7-5-4-6-8-18)32-26(36)31-23-16-34(11-12-38-3)15-19(23)17-9-10-20(29)21(30)13-17/h4-10,13,19,23,37H,11-12,14-16H2,1-3H3,(H2,31,32,36)/t19-,23+/m0/s1. The van der Waals surface area contributed by atoms with E-state index in [2.05, 4.69) is 20.6 Å². The topological polar surface area (TPSA) is 91.7 Å². The van der Waals surface area contributed by atoms with E-state index in [0.29, 0.717) is 43.2 Å². The number of hydrogen-bond donors (Lipinski definition) is 3. The van der Waals surface area contributed by atoms with E-state index >= 15 is 0 Å². The average molecular weight is 548 g/mol. The van der Waals surface area contributed by atoms with E-state index in [4.69, 9.17) is 16.3 Å². The summed E-state index contributed by atoms with van der Waals surface area (Å²) in [5, 5.41) is 20.9. The van der Waals surface area contributed by atoms with Crippen molar-refractivity contribution >= 4 is 23.4 Å². The van der Waals surface area contributed by atoms with Gasteiger partial charge in [0.25, 0.3) is 0 Å². The summed E-state index contributed by atoms with van der Waals surface area (Å²) in [5.41, 5.74) is 0.642. The van der Waals surface area contributed by atoms with Gasteiger partial charge in [0.15, 0.2) is 17.5 Å². The number of ether oxygens (including phenoxy) is 1. The summed E-state index contributed by atoms with van der Waals surface area (Å²) in [6.45, 7) is 5.47. The number of methoxy groups -OCH3 is 1. The van der Waals surface area contributed by atoms with Crippen molar-refractivity contribution in [2.24, 2.45) is 0 Å². The van der Waals surface area contributed by atoms with Gasteiger partial charge in [-0.1, -0.05) is 35.9 Å². The molecule has 8 nitrogen and oxygen atoms in total. The molecule has 1 fully saturated rings. The lowest BCUT2D eigenvalue weighted by Crippen LogP contribution is -2.42. The van der Waals surface area contributed by atoms with Gasteiger partial charge >= 0.3 is 6.03 Å². The molecule has 0 radical (unpaired) electrons. The van der Waals surface area contributed by atoms with Gasteiger partial charge in [-0.15, -0.1) is 0 Å². The third-order valence-corrected chi connectivity index (χ3v) is 6.82. The van der Waals surface area contributed by atoms with Crippen molar-refractivity contribution < 1.29 is 23.4 Å². The smallest absolute Gasteiger partial charge is 0.320 e. The summed E-state index contributed by atoms with van der Waals surface area (Å²) in [5.74, 6) is -1.86. The number of para-hydroxylation sites is 1. The van der Waals surface area contributed by atoms with Gasteiger partial charge in [0, 0.05) is 39.1 Å². The molecular formula is C27H32ClF2N5O3. The molecule has 2 aromatic carbocycles. The van der Waals surface area contributed by atoms with Crippen molar-refractivity contribution in [2.45, 2.75) is 37.8 Å². The first-order chi connectivity index (χ1) is 18.1. The van der Waals surface area contributed by atoms with E-state index in [1.807, 2.05) is 30.3 Å². The van der Waals surface area contributed by atoms with Crippen LogP contribution in [0.4, 0.5) is 19.4 Å². The van der Waals surface area contributed by atoms with Crippen molar-refractivity contribution in [3.05, 3.63) is 76.4 Å². The number of aromatic nitrogens is 2. The number of rotatable bonds is 9. The molecule has 0 spiro atoms. The van der Waals surface area contributed by atoms with Gasteiger partial charge in [-0.25, -0.2) is 18.3 Å². The second-order valence-electron chi connectivity index (χ2n) is 10.1. The molecule has 2 atom stereocenters. The lowest BCUT2D eigenvalue weighted by molar-refractivity contribution is 0.0798. The van der Waals surface area contributed by atoms with Crippen LogP contribution in [0.3, 0.4) is 0 Å². The summed E-state index contributed by atoms with van der Waals surface area (Å²) < 4.78 is 34.3. The molecule has 1 saturated heterocycles. The highest BCUT2D eigenvalue weighted by Crippen LogP contribution is 2.32. The number of halogens is 3. The maximum atomic E-state index is 14.0. The Morgan fingerprint density at radius 3 is 2.58 bits per heavy atom. The van der Waals surface area contributed by atoms with Gasteiger partial charge in [0.1, 0.15) is 5.02 Å². The van der Waals surface area contributed by atoms with Crippen molar-refractivity contribution in [1.29, 1.82) is 0 Å². The summed E-state index contributed by atoms with van der Waals surface area (Å²) in [6, 6.07) is 12.1. The number of likely N-dealkylation sites (tertiary alicyclic amines) is 1. The highest BCUT2D eigenvalue weighted by molar-refractivity contribution is 6.34. The first kappa shape index (κ1) is 28.0. The normalized spacial score (nSPS) is 18.1. The number of anilines is 1. The number of carbonyl (C=O) groups excluding carboxylic acids is 1. The molecular weight excluding hydrogens is 516 g/mol. The first-order valence-corrected chi connectivity index (χ1v) is 12.7. The molecule has 204 valence electrons. The number of benzene rings is 2. The van der Waals surface area contributed by atoms with E-state index in [1.54, 1.807) is 27.0 Å². The molecule has 1 aliphatic heterocycles. The average Bonchev–Trinajstić information content (AvgIpc) is 3.40. The van der Waals surface area contributed by atoms with Crippen LogP contribution in [-0.2, 0) is 11.2 Å². The van der Waals surface area contributed by atoms with E-state index < -0.39 is 23.3 Å². The Bertz CT molecular complexity index is 1270. The minimum absolute atomic E-state index is 0.178. The molecule has 0 unspecified atom stereocenters. The molecule has 0 bridgehead atoms. The second kappa shape index (κ2) is 11.8. The maximum Gasteiger partial charge on any atom is 0.320 e. The minimum atomic E-state index is -1.06. The molecule has 1 aromatic heterocycles. The van der Waals surface area contributed by atoms with E-state index in [9.17, 15) is 18.7 Å². The van der Waals surface area contributed by atoms with Crippen LogP contribution in [0.5, 0.6) is 0 Å². The number of nitrogens with one attached hydrogen (secondary N) is 2. The molecule has 3 N–H and O–H groups in total. The summed E-state index contributed by atoms with van der Waals surface area (Å²) in [4.78, 5) is 15.4. The lowest BCUT2D eigenvalue weighted by atomic mass is 9.94. The van der Waals surface area contributed by atoms with Crippen molar-refractivity contribution in [1.82, 2.24) is 20.0 Å². The fraction of sp³-hybridized carbons (Fsp3) is 0.407. The van der Waals surface area contributed by atoms with Crippen LogP contribution in [0.1, 0.15) is 31.0 Å². The van der Waals surface area contributed by atoms with Gasteiger partial charge in [0.05, 0.1) is 29.6 Å². The van der Waals surface area contributed by atoms with Gasteiger partial charge in [-0.2, -0.15) is 5.10 Å². The monoisotopic (exact) mass is 547 g/mol. The van der Waals surface area contributed by atoms with Crippen LogP contribution in [-0.4, -0.2) is 70.8 Å². The van der Waals surface area contributed by atoms with Crippen molar-refractivity contribution in [2.75, 3.05) is 38.7 Å².